The fourth-order valence-electron chi connectivity index (χ4n) is 3.74. The van der Waals surface area contributed by atoms with Crippen molar-refractivity contribution in [3.05, 3.63) is 87.5 Å². The summed E-state index contributed by atoms with van der Waals surface area (Å²) < 4.78 is 30.1. The first kappa shape index (κ1) is 29.0. The van der Waals surface area contributed by atoms with E-state index in [4.69, 9.17) is 25.8 Å². The van der Waals surface area contributed by atoms with Gasteiger partial charge in [0.05, 0.1) is 23.1 Å². The quantitative estimate of drug-likeness (QED) is 0.256. The van der Waals surface area contributed by atoms with Gasteiger partial charge < -0.3 is 19.5 Å². The molecule has 1 saturated heterocycles. The number of nitrogens with zero attached hydrogens (tertiary/aromatic N) is 1. The fraction of sp³-hybridized carbons (Fsp3) is 0.207. The summed E-state index contributed by atoms with van der Waals surface area (Å²) >= 11 is 7.22. The molecular weight excluding hydrogens is 559 g/mol. The normalized spacial score (nSPS) is 14.0. The van der Waals surface area contributed by atoms with Crippen LogP contribution in [0.15, 0.2) is 65.6 Å². The molecule has 0 atom stereocenters. The summed E-state index contributed by atoms with van der Waals surface area (Å²) in [5.41, 5.74) is 1.76. The number of rotatable bonds is 11. The molecule has 8 nitrogen and oxygen atoms in total. The van der Waals surface area contributed by atoms with Gasteiger partial charge in [0.15, 0.2) is 11.5 Å². The van der Waals surface area contributed by atoms with E-state index in [0.29, 0.717) is 41.7 Å². The van der Waals surface area contributed by atoms with Crippen LogP contribution in [0.3, 0.4) is 0 Å². The number of benzene rings is 3. The van der Waals surface area contributed by atoms with Crippen molar-refractivity contribution in [1.82, 2.24) is 4.90 Å². The number of halogens is 2. The van der Waals surface area contributed by atoms with Crippen LogP contribution in [-0.4, -0.2) is 41.7 Å². The minimum atomic E-state index is -0.595. The number of hydrogen-bond donors (Lipinski definition) is 1. The van der Waals surface area contributed by atoms with Crippen molar-refractivity contribution in [2.24, 2.45) is 0 Å². The van der Waals surface area contributed by atoms with Crippen molar-refractivity contribution in [1.29, 1.82) is 0 Å². The Morgan fingerprint density at radius 3 is 2.38 bits per heavy atom. The maximum absolute atomic E-state index is 13.2. The lowest BCUT2D eigenvalue weighted by Crippen LogP contribution is -2.36. The number of anilines is 1. The Labute approximate surface area is 240 Å². The SMILES string of the molecule is CCOc1ccc(NC(=O)CN2C(=O)S/C(=C/c3cc(Cl)c(OCc4ccc(F)cc4)c(OCC)c3)C2=O)cc1. The third-order valence-corrected chi connectivity index (χ3v) is 6.74. The molecule has 3 amide bonds. The van der Waals surface area contributed by atoms with Crippen LogP contribution in [0.5, 0.6) is 17.2 Å². The molecule has 3 aromatic rings. The van der Waals surface area contributed by atoms with Crippen molar-refractivity contribution >= 4 is 52.2 Å². The van der Waals surface area contributed by atoms with E-state index in [0.717, 1.165) is 22.2 Å². The maximum atomic E-state index is 13.2. The van der Waals surface area contributed by atoms with Gasteiger partial charge in [-0.25, -0.2) is 4.39 Å². The summed E-state index contributed by atoms with van der Waals surface area (Å²) in [6, 6.07) is 15.9. The standard InChI is InChI=1S/C29H26ClFN2O6S/c1-3-37-22-11-9-21(10-12-22)32-26(34)16-33-28(35)25(40-29(33)36)15-19-13-23(30)27(24(14-19)38-4-2)39-17-18-5-7-20(31)8-6-18/h5-15H,3-4,16-17H2,1-2H3,(H,32,34)/b25-15+. The van der Waals surface area contributed by atoms with E-state index >= 15 is 0 Å². The number of carbonyl (C=O) groups is 3. The molecule has 208 valence electrons. The lowest BCUT2D eigenvalue weighted by atomic mass is 10.1. The number of ether oxygens (including phenoxy) is 3. The number of imide groups is 1. The smallest absolute Gasteiger partial charge is 0.294 e. The Bertz CT molecular complexity index is 1430. The molecule has 11 heteroatoms. The van der Waals surface area contributed by atoms with Crippen LogP contribution in [0.2, 0.25) is 5.02 Å². The molecule has 0 aromatic heterocycles. The van der Waals surface area contributed by atoms with E-state index in [1.807, 2.05) is 6.92 Å². The van der Waals surface area contributed by atoms with E-state index < -0.39 is 23.6 Å². The van der Waals surface area contributed by atoms with E-state index in [-0.39, 0.29) is 22.4 Å². The van der Waals surface area contributed by atoms with Gasteiger partial charge in [0.2, 0.25) is 5.91 Å². The van der Waals surface area contributed by atoms with E-state index in [2.05, 4.69) is 5.32 Å². The third-order valence-electron chi connectivity index (χ3n) is 5.55. The highest BCUT2D eigenvalue weighted by molar-refractivity contribution is 8.18. The second kappa shape index (κ2) is 13.4. The lowest BCUT2D eigenvalue weighted by molar-refractivity contribution is -0.127. The largest absolute Gasteiger partial charge is 0.494 e. The number of nitrogens with one attached hydrogen (secondary N) is 1. The minimum Gasteiger partial charge on any atom is -0.494 e. The van der Waals surface area contributed by atoms with Crippen molar-refractivity contribution in [2.75, 3.05) is 25.1 Å². The summed E-state index contributed by atoms with van der Waals surface area (Å²) in [5, 5.41) is 2.34. The zero-order chi connectivity index (χ0) is 28.6. The van der Waals surface area contributed by atoms with Crippen LogP contribution < -0.4 is 19.5 Å². The molecule has 0 saturated carbocycles. The topological polar surface area (TPSA) is 94.2 Å². The van der Waals surface area contributed by atoms with E-state index in [9.17, 15) is 18.8 Å². The second-order valence-corrected chi connectivity index (χ2v) is 9.85. The van der Waals surface area contributed by atoms with Gasteiger partial charge in [0.1, 0.15) is 24.7 Å². The molecule has 40 heavy (non-hydrogen) atoms. The second-order valence-electron chi connectivity index (χ2n) is 8.45. The van der Waals surface area contributed by atoms with Crippen LogP contribution in [0.1, 0.15) is 25.0 Å². The molecule has 0 bridgehead atoms. The first-order valence-electron chi connectivity index (χ1n) is 12.4. The molecule has 0 unspecified atom stereocenters. The van der Waals surface area contributed by atoms with Gasteiger partial charge >= 0.3 is 0 Å². The van der Waals surface area contributed by atoms with E-state index in [1.54, 1.807) is 55.5 Å². The van der Waals surface area contributed by atoms with Gasteiger partial charge in [-0.05, 0) is 91.3 Å². The predicted octanol–water partition coefficient (Wildman–Crippen LogP) is 6.53. The maximum Gasteiger partial charge on any atom is 0.294 e. The van der Waals surface area contributed by atoms with Gasteiger partial charge in [-0.2, -0.15) is 0 Å². The highest BCUT2D eigenvalue weighted by Gasteiger charge is 2.36. The first-order chi connectivity index (χ1) is 19.3. The Morgan fingerprint density at radius 1 is 1.00 bits per heavy atom. The van der Waals surface area contributed by atoms with Crippen LogP contribution in [0.4, 0.5) is 14.9 Å². The zero-order valence-electron chi connectivity index (χ0n) is 21.7. The predicted molar refractivity (Wildman–Crippen MR) is 152 cm³/mol. The molecule has 1 fully saturated rings. The molecule has 0 spiro atoms. The molecule has 1 N–H and O–H groups in total. The Morgan fingerprint density at radius 2 is 1.70 bits per heavy atom. The average molecular weight is 585 g/mol. The number of hydrogen-bond acceptors (Lipinski definition) is 7. The van der Waals surface area contributed by atoms with Crippen LogP contribution in [0.25, 0.3) is 6.08 Å². The monoisotopic (exact) mass is 584 g/mol. The Balaban J connectivity index is 1.45. The summed E-state index contributed by atoms with van der Waals surface area (Å²) in [4.78, 5) is 39.1. The summed E-state index contributed by atoms with van der Waals surface area (Å²) in [5.74, 6) is -0.156. The highest BCUT2D eigenvalue weighted by atomic mass is 35.5. The molecule has 3 aromatic carbocycles. The summed E-state index contributed by atoms with van der Waals surface area (Å²) in [7, 11) is 0. The first-order valence-corrected chi connectivity index (χ1v) is 13.6. The lowest BCUT2D eigenvalue weighted by Gasteiger charge is -2.15. The van der Waals surface area contributed by atoms with Crippen LogP contribution >= 0.6 is 23.4 Å². The minimum absolute atomic E-state index is 0.136. The summed E-state index contributed by atoms with van der Waals surface area (Å²) in [6.07, 6.45) is 1.51. The van der Waals surface area contributed by atoms with Crippen LogP contribution in [-0.2, 0) is 16.2 Å². The van der Waals surface area contributed by atoms with E-state index in [1.165, 1.54) is 18.2 Å². The fourth-order valence-corrected chi connectivity index (χ4v) is 4.86. The number of carbonyl (C=O) groups excluding carboxylic acids is 3. The Hall–Kier alpha value is -4.02. The molecule has 0 radical (unpaired) electrons. The number of amides is 3. The van der Waals surface area contributed by atoms with Crippen molar-refractivity contribution in [2.45, 2.75) is 20.5 Å². The molecule has 4 rings (SSSR count). The van der Waals surface area contributed by atoms with Gasteiger partial charge in [-0.3, -0.25) is 19.3 Å². The molecule has 0 aliphatic carbocycles. The molecule has 1 aliphatic rings. The molecule has 1 aliphatic heterocycles. The highest BCUT2D eigenvalue weighted by Crippen LogP contribution is 2.39. The number of thioether (sulfide) groups is 1. The summed E-state index contributed by atoms with van der Waals surface area (Å²) in [6.45, 7) is 4.22. The van der Waals surface area contributed by atoms with Crippen molar-refractivity contribution in [3.63, 3.8) is 0 Å². The van der Waals surface area contributed by atoms with Gasteiger partial charge in [0, 0.05) is 5.69 Å². The van der Waals surface area contributed by atoms with Crippen LogP contribution in [0, 0.1) is 5.82 Å². The van der Waals surface area contributed by atoms with Gasteiger partial charge in [-0.1, -0.05) is 23.7 Å². The van der Waals surface area contributed by atoms with Gasteiger partial charge in [-0.15, -0.1) is 0 Å². The average Bonchev–Trinajstić information content (AvgIpc) is 3.18. The third kappa shape index (κ3) is 7.34. The van der Waals surface area contributed by atoms with Crippen molar-refractivity contribution < 1.29 is 33.0 Å². The van der Waals surface area contributed by atoms with Gasteiger partial charge in [0.25, 0.3) is 11.1 Å². The molecular formula is C29H26ClFN2O6S. The zero-order valence-corrected chi connectivity index (χ0v) is 23.3. The Kier molecular flexibility index (Phi) is 9.68. The molecule has 1 heterocycles. The van der Waals surface area contributed by atoms with Crippen molar-refractivity contribution in [3.8, 4) is 17.2 Å².